The number of benzene rings is 2. The van der Waals surface area contributed by atoms with Crippen molar-refractivity contribution >= 4 is 5.97 Å². The van der Waals surface area contributed by atoms with Crippen LogP contribution < -0.4 is 9.47 Å². The van der Waals surface area contributed by atoms with Crippen molar-refractivity contribution in [2.75, 3.05) is 6.61 Å². The van der Waals surface area contributed by atoms with Crippen LogP contribution in [0.15, 0.2) is 36.4 Å². The molecule has 0 spiro atoms. The van der Waals surface area contributed by atoms with E-state index in [0.717, 1.165) is 34.4 Å². The number of hydrogen-bond acceptors (Lipinski definition) is 4. The first kappa shape index (κ1) is 23.9. The summed E-state index contributed by atoms with van der Waals surface area (Å²) < 4.78 is 12.0. The van der Waals surface area contributed by atoms with Crippen LogP contribution in [0.1, 0.15) is 69.2 Å². The number of hydrogen-bond donors (Lipinski definition) is 1. The summed E-state index contributed by atoms with van der Waals surface area (Å²) in [5.74, 6) is 1.60. The highest BCUT2D eigenvalue weighted by molar-refractivity contribution is 5.74. The van der Waals surface area contributed by atoms with Crippen molar-refractivity contribution < 1.29 is 19.4 Å². The minimum absolute atomic E-state index is 0.0568. The highest BCUT2D eigenvalue weighted by Crippen LogP contribution is 2.42. The van der Waals surface area contributed by atoms with Gasteiger partial charge < -0.3 is 14.6 Å². The van der Waals surface area contributed by atoms with E-state index in [9.17, 15) is 9.90 Å². The molecule has 0 atom stereocenters. The molecule has 4 nitrogen and oxygen atoms in total. The lowest BCUT2D eigenvalue weighted by Crippen LogP contribution is -2.23. The normalized spacial score (nSPS) is 11.6. The molecule has 0 heterocycles. The molecular formula is C26H36O4. The van der Waals surface area contributed by atoms with Gasteiger partial charge in [-0.3, -0.25) is 4.79 Å². The second-order valence-corrected chi connectivity index (χ2v) is 9.06. The van der Waals surface area contributed by atoms with Crippen molar-refractivity contribution in [2.45, 2.75) is 72.8 Å². The molecule has 0 aliphatic heterocycles. The second-order valence-electron chi connectivity index (χ2n) is 9.06. The van der Waals surface area contributed by atoms with Crippen LogP contribution >= 0.6 is 0 Å². The first-order valence-electron chi connectivity index (χ1n) is 10.8. The van der Waals surface area contributed by atoms with Crippen LogP contribution in [0.4, 0.5) is 0 Å². The number of ether oxygens (including phenoxy) is 2. The number of aliphatic hydroxyl groups is 1. The monoisotopic (exact) mass is 412 g/mol. The minimum atomic E-state index is -0.370. The van der Waals surface area contributed by atoms with Gasteiger partial charge in [0, 0.05) is 18.6 Å². The van der Waals surface area contributed by atoms with Gasteiger partial charge in [-0.05, 0) is 60.8 Å². The maximum absolute atomic E-state index is 12.5. The van der Waals surface area contributed by atoms with E-state index in [0.29, 0.717) is 31.1 Å². The van der Waals surface area contributed by atoms with Gasteiger partial charge in [0.15, 0.2) is 0 Å². The molecule has 2 aromatic carbocycles. The number of aryl methyl sites for hydroxylation is 1. The van der Waals surface area contributed by atoms with E-state index in [4.69, 9.17) is 9.47 Å². The average Bonchev–Trinajstić information content (AvgIpc) is 2.66. The van der Waals surface area contributed by atoms with E-state index in [1.54, 1.807) is 0 Å². The summed E-state index contributed by atoms with van der Waals surface area (Å²) in [5, 5.41) is 9.61. The summed E-state index contributed by atoms with van der Waals surface area (Å²) in [7, 11) is 0. The first-order valence-corrected chi connectivity index (χ1v) is 10.8. The number of rotatable bonds is 10. The van der Waals surface area contributed by atoms with Gasteiger partial charge in [0.25, 0.3) is 0 Å². The highest BCUT2D eigenvalue weighted by atomic mass is 16.5. The number of carbonyl (C=O) groups is 1. The molecule has 0 unspecified atom stereocenters. The van der Waals surface area contributed by atoms with Crippen LogP contribution in [-0.2, 0) is 16.8 Å². The highest BCUT2D eigenvalue weighted by Gasteiger charge is 2.30. The van der Waals surface area contributed by atoms with Gasteiger partial charge in [-0.25, -0.2) is 0 Å². The molecule has 0 radical (unpaired) electrons. The molecule has 0 fully saturated rings. The second kappa shape index (κ2) is 10.6. The van der Waals surface area contributed by atoms with Crippen LogP contribution in [0.3, 0.4) is 0 Å². The quantitative estimate of drug-likeness (QED) is 0.391. The maximum atomic E-state index is 12.5. The van der Waals surface area contributed by atoms with Gasteiger partial charge in [0.2, 0.25) is 0 Å². The van der Waals surface area contributed by atoms with Gasteiger partial charge in [-0.2, -0.15) is 0 Å². The molecule has 0 bridgehead atoms. The third-order valence-electron chi connectivity index (χ3n) is 5.46. The molecule has 0 aliphatic carbocycles. The Bertz CT molecular complexity index is 838. The fraction of sp³-hybridized carbons (Fsp3) is 0.500. The van der Waals surface area contributed by atoms with Crippen molar-refractivity contribution in [3.05, 3.63) is 58.7 Å². The molecule has 0 saturated heterocycles. The number of aliphatic hydroxyl groups excluding tert-OH is 1. The Balaban J connectivity index is 2.40. The van der Waals surface area contributed by atoms with Crippen molar-refractivity contribution in [3.63, 3.8) is 0 Å². The maximum Gasteiger partial charge on any atom is 0.311 e. The van der Waals surface area contributed by atoms with E-state index >= 15 is 0 Å². The topological polar surface area (TPSA) is 55.8 Å². The van der Waals surface area contributed by atoms with Gasteiger partial charge in [-0.15, -0.1) is 0 Å². The third kappa shape index (κ3) is 6.33. The Morgan fingerprint density at radius 2 is 1.80 bits per heavy atom. The Morgan fingerprint density at radius 1 is 1.13 bits per heavy atom. The lowest BCUT2D eigenvalue weighted by atomic mass is 9.78. The van der Waals surface area contributed by atoms with Crippen LogP contribution in [0.2, 0.25) is 0 Å². The lowest BCUT2D eigenvalue weighted by molar-refractivity contribution is -0.134. The van der Waals surface area contributed by atoms with E-state index in [1.165, 1.54) is 0 Å². The van der Waals surface area contributed by atoms with Crippen LogP contribution in [-0.4, -0.2) is 17.7 Å². The fourth-order valence-electron chi connectivity index (χ4n) is 3.79. The molecule has 2 rings (SSSR count). The van der Waals surface area contributed by atoms with Crippen LogP contribution in [0, 0.1) is 19.8 Å². The largest absolute Gasteiger partial charge is 0.488 e. The Morgan fingerprint density at radius 3 is 2.40 bits per heavy atom. The SMILES string of the molecule is Cc1cc(OC(=O)CCC(C)C)c(C(C)(C)CCO)c(C)c1OCc1ccccc1. The lowest BCUT2D eigenvalue weighted by Gasteiger charge is -2.30. The summed E-state index contributed by atoms with van der Waals surface area (Å²) in [6.45, 7) is 12.8. The summed E-state index contributed by atoms with van der Waals surface area (Å²) in [5.41, 5.74) is 3.53. The molecule has 0 aromatic heterocycles. The molecular weight excluding hydrogens is 376 g/mol. The fourth-order valence-corrected chi connectivity index (χ4v) is 3.79. The Labute approximate surface area is 181 Å². The number of carbonyl (C=O) groups excluding carboxylic acids is 1. The van der Waals surface area contributed by atoms with Crippen molar-refractivity contribution in [1.82, 2.24) is 0 Å². The Kier molecular flexibility index (Phi) is 8.48. The first-order chi connectivity index (χ1) is 14.2. The van der Waals surface area contributed by atoms with E-state index in [1.807, 2.05) is 50.2 Å². The molecule has 0 saturated carbocycles. The van der Waals surface area contributed by atoms with E-state index in [-0.39, 0.29) is 18.0 Å². The molecule has 0 aliphatic rings. The zero-order valence-corrected chi connectivity index (χ0v) is 19.2. The van der Waals surface area contributed by atoms with Crippen molar-refractivity contribution in [3.8, 4) is 11.5 Å². The predicted molar refractivity (Wildman–Crippen MR) is 121 cm³/mol. The molecule has 164 valence electrons. The van der Waals surface area contributed by atoms with Crippen LogP contribution in [0.25, 0.3) is 0 Å². The zero-order valence-electron chi connectivity index (χ0n) is 19.2. The summed E-state index contributed by atoms with van der Waals surface area (Å²) in [6, 6.07) is 11.9. The van der Waals surface area contributed by atoms with Gasteiger partial charge in [0.05, 0.1) is 0 Å². The Hall–Kier alpha value is -2.33. The van der Waals surface area contributed by atoms with Crippen molar-refractivity contribution in [2.24, 2.45) is 5.92 Å². The average molecular weight is 413 g/mol. The predicted octanol–water partition coefficient (Wildman–Crippen LogP) is 5.88. The van der Waals surface area contributed by atoms with Gasteiger partial charge >= 0.3 is 5.97 Å². The van der Waals surface area contributed by atoms with E-state index in [2.05, 4.69) is 27.7 Å². The third-order valence-corrected chi connectivity index (χ3v) is 5.46. The standard InChI is InChI=1S/C26H36O4/c1-18(2)12-13-23(28)30-22-16-19(3)25(29-17-21-10-8-7-9-11-21)20(4)24(22)26(5,6)14-15-27/h7-11,16,18,27H,12-15,17H2,1-6H3. The summed E-state index contributed by atoms with van der Waals surface area (Å²) in [6.07, 6.45) is 1.75. The molecule has 1 N–H and O–H groups in total. The minimum Gasteiger partial charge on any atom is -0.488 e. The van der Waals surface area contributed by atoms with Gasteiger partial charge in [0.1, 0.15) is 18.1 Å². The van der Waals surface area contributed by atoms with Crippen molar-refractivity contribution in [1.29, 1.82) is 0 Å². The number of esters is 1. The zero-order chi connectivity index (χ0) is 22.3. The molecule has 4 heteroatoms. The molecule has 2 aromatic rings. The smallest absolute Gasteiger partial charge is 0.311 e. The summed E-state index contributed by atoms with van der Waals surface area (Å²) >= 11 is 0. The summed E-state index contributed by atoms with van der Waals surface area (Å²) in [4.78, 5) is 12.5. The molecule has 30 heavy (non-hydrogen) atoms. The van der Waals surface area contributed by atoms with E-state index < -0.39 is 0 Å². The van der Waals surface area contributed by atoms with Gasteiger partial charge in [-0.1, -0.05) is 58.0 Å². The molecule has 0 amide bonds. The van der Waals surface area contributed by atoms with Crippen LogP contribution in [0.5, 0.6) is 11.5 Å².